The second-order valence-electron chi connectivity index (χ2n) is 3.95. The molecule has 0 saturated carbocycles. The van der Waals surface area contributed by atoms with Crippen molar-refractivity contribution in [2.24, 2.45) is 5.73 Å². The number of aromatic nitrogens is 1. The van der Waals surface area contributed by atoms with Gasteiger partial charge in [-0.05, 0) is 46.3 Å². The van der Waals surface area contributed by atoms with Gasteiger partial charge in [0.15, 0.2) is 0 Å². The Morgan fingerprint density at radius 3 is 2.40 bits per heavy atom. The maximum Gasteiger partial charge on any atom is 0.416 e. The van der Waals surface area contributed by atoms with Crippen LogP contribution in [0.4, 0.5) is 13.2 Å². The lowest BCUT2D eigenvalue weighted by Gasteiger charge is -2.10. The molecule has 0 amide bonds. The summed E-state index contributed by atoms with van der Waals surface area (Å²) in [6, 6.07) is 6.14. The average Bonchev–Trinajstić information content (AvgIpc) is 2.40. The van der Waals surface area contributed by atoms with Crippen molar-refractivity contribution in [2.45, 2.75) is 12.7 Å². The van der Waals surface area contributed by atoms with Crippen LogP contribution >= 0.6 is 15.9 Å². The lowest BCUT2D eigenvalue weighted by Crippen LogP contribution is -2.04. The fourth-order valence-electron chi connectivity index (χ4n) is 1.53. The summed E-state index contributed by atoms with van der Waals surface area (Å²) in [6.07, 6.45) is -2.84. The Bertz CT molecular complexity index is 600. The van der Waals surface area contributed by atoms with E-state index in [1.165, 1.54) is 18.3 Å². The third-order valence-electron chi connectivity index (χ3n) is 2.51. The number of benzene rings is 1. The smallest absolute Gasteiger partial charge is 0.416 e. The van der Waals surface area contributed by atoms with Crippen LogP contribution in [0.5, 0.6) is 11.6 Å². The van der Waals surface area contributed by atoms with Gasteiger partial charge in [0.05, 0.1) is 5.56 Å². The van der Waals surface area contributed by atoms with Crippen molar-refractivity contribution in [3.8, 4) is 11.6 Å². The zero-order valence-corrected chi connectivity index (χ0v) is 11.7. The number of nitrogens with two attached hydrogens (primary N) is 1. The third-order valence-corrected chi connectivity index (χ3v) is 2.94. The van der Waals surface area contributed by atoms with E-state index in [-0.39, 0.29) is 18.2 Å². The summed E-state index contributed by atoms with van der Waals surface area (Å²) in [5, 5.41) is 0. The summed E-state index contributed by atoms with van der Waals surface area (Å²) in [7, 11) is 0. The van der Waals surface area contributed by atoms with Crippen LogP contribution in [0.1, 0.15) is 11.1 Å². The Morgan fingerprint density at radius 2 is 1.85 bits per heavy atom. The summed E-state index contributed by atoms with van der Waals surface area (Å²) < 4.78 is 43.5. The molecule has 2 rings (SSSR count). The van der Waals surface area contributed by atoms with Crippen molar-refractivity contribution >= 4 is 15.9 Å². The molecule has 1 heterocycles. The predicted molar refractivity (Wildman–Crippen MR) is 71.3 cm³/mol. The Labute approximate surface area is 121 Å². The lowest BCUT2D eigenvalue weighted by atomic mass is 10.2. The van der Waals surface area contributed by atoms with E-state index in [0.717, 1.165) is 16.6 Å². The normalized spacial score (nSPS) is 11.4. The topological polar surface area (TPSA) is 48.1 Å². The van der Waals surface area contributed by atoms with Crippen molar-refractivity contribution in [1.29, 1.82) is 0 Å². The first-order valence-corrected chi connectivity index (χ1v) is 6.39. The van der Waals surface area contributed by atoms with E-state index in [0.29, 0.717) is 5.56 Å². The van der Waals surface area contributed by atoms with Gasteiger partial charge in [0, 0.05) is 22.8 Å². The first-order valence-electron chi connectivity index (χ1n) is 5.60. The fourth-order valence-corrected chi connectivity index (χ4v) is 1.91. The minimum Gasteiger partial charge on any atom is -0.439 e. The van der Waals surface area contributed by atoms with Crippen LogP contribution in [-0.2, 0) is 12.7 Å². The van der Waals surface area contributed by atoms with E-state index in [4.69, 9.17) is 10.5 Å². The fraction of sp³-hybridized carbons (Fsp3) is 0.154. The molecule has 0 atom stereocenters. The lowest BCUT2D eigenvalue weighted by molar-refractivity contribution is -0.137. The van der Waals surface area contributed by atoms with Gasteiger partial charge in [0.25, 0.3) is 0 Å². The molecular weight excluding hydrogens is 337 g/mol. The van der Waals surface area contributed by atoms with E-state index in [9.17, 15) is 13.2 Å². The monoisotopic (exact) mass is 346 g/mol. The molecule has 1 aromatic heterocycles. The minimum absolute atomic E-state index is 0.211. The second kappa shape index (κ2) is 5.80. The van der Waals surface area contributed by atoms with Gasteiger partial charge in [-0.3, -0.25) is 0 Å². The summed E-state index contributed by atoms with van der Waals surface area (Å²) in [5.74, 6) is 0.540. The van der Waals surface area contributed by atoms with Crippen LogP contribution in [0, 0.1) is 0 Å². The molecule has 1 aromatic carbocycles. The minimum atomic E-state index is -4.36. The van der Waals surface area contributed by atoms with Gasteiger partial charge < -0.3 is 10.5 Å². The summed E-state index contributed by atoms with van der Waals surface area (Å²) in [5.41, 5.74) is 5.49. The zero-order chi connectivity index (χ0) is 14.8. The van der Waals surface area contributed by atoms with Crippen LogP contribution in [0.3, 0.4) is 0 Å². The highest BCUT2D eigenvalue weighted by Gasteiger charge is 2.30. The third kappa shape index (κ3) is 3.49. The molecule has 0 radical (unpaired) electrons. The van der Waals surface area contributed by atoms with Gasteiger partial charge in [0.1, 0.15) is 5.75 Å². The van der Waals surface area contributed by atoms with E-state index in [1.807, 2.05) is 0 Å². The molecule has 0 aliphatic heterocycles. The average molecular weight is 347 g/mol. The highest BCUT2D eigenvalue weighted by atomic mass is 79.9. The van der Waals surface area contributed by atoms with Crippen molar-refractivity contribution in [2.75, 3.05) is 0 Å². The number of halogens is 4. The largest absolute Gasteiger partial charge is 0.439 e. The maximum absolute atomic E-state index is 12.4. The molecule has 0 bridgehead atoms. The van der Waals surface area contributed by atoms with Gasteiger partial charge in [0.2, 0.25) is 5.88 Å². The van der Waals surface area contributed by atoms with Gasteiger partial charge in [-0.25, -0.2) is 4.98 Å². The standard InChI is InChI=1S/C13H10BrF3N2O/c14-10-5-8(6-18)12(19-7-10)20-11-3-1-9(2-4-11)13(15,16)17/h1-5,7H,6,18H2. The molecule has 7 heteroatoms. The van der Waals surface area contributed by atoms with Gasteiger partial charge in [-0.15, -0.1) is 0 Å². The highest BCUT2D eigenvalue weighted by molar-refractivity contribution is 9.10. The molecule has 0 unspecified atom stereocenters. The summed E-state index contributed by atoms with van der Waals surface area (Å²) >= 11 is 3.26. The molecule has 2 N–H and O–H groups in total. The molecule has 2 aromatic rings. The summed E-state index contributed by atoms with van der Waals surface area (Å²) in [6.45, 7) is 0.211. The van der Waals surface area contributed by atoms with Gasteiger partial charge in [-0.2, -0.15) is 13.2 Å². The number of rotatable bonds is 3. The Morgan fingerprint density at radius 1 is 1.20 bits per heavy atom. The van der Waals surface area contributed by atoms with Crippen LogP contribution in [0.2, 0.25) is 0 Å². The van der Waals surface area contributed by atoms with Crippen LogP contribution in [-0.4, -0.2) is 4.98 Å². The Hall–Kier alpha value is -1.60. The van der Waals surface area contributed by atoms with Crippen molar-refractivity contribution < 1.29 is 17.9 Å². The number of pyridine rings is 1. The molecule has 0 aliphatic rings. The number of alkyl halides is 3. The number of hydrogen-bond donors (Lipinski definition) is 1. The Balaban J connectivity index is 2.22. The molecule has 106 valence electrons. The van der Waals surface area contributed by atoms with Crippen LogP contribution in [0.25, 0.3) is 0 Å². The van der Waals surface area contributed by atoms with Crippen molar-refractivity contribution in [1.82, 2.24) is 4.98 Å². The highest BCUT2D eigenvalue weighted by Crippen LogP contribution is 2.31. The van der Waals surface area contributed by atoms with E-state index in [1.54, 1.807) is 6.07 Å². The van der Waals surface area contributed by atoms with Gasteiger partial charge in [-0.1, -0.05) is 0 Å². The molecule has 0 saturated heterocycles. The first kappa shape index (κ1) is 14.8. The summed E-state index contributed by atoms with van der Waals surface area (Å²) in [4.78, 5) is 4.04. The molecular formula is C13H10BrF3N2O. The second-order valence-corrected chi connectivity index (χ2v) is 4.86. The van der Waals surface area contributed by atoms with Crippen LogP contribution in [0.15, 0.2) is 41.0 Å². The van der Waals surface area contributed by atoms with Crippen LogP contribution < -0.4 is 10.5 Å². The zero-order valence-electron chi connectivity index (χ0n) is 10.1. The van der Waals surface area contributed by atoms with E-state index in [2.05, 4.69) is 20.9 Å². The molecule has 0 fully saturated rings. The van der Waals surface area contributed by atoms with Crippen molar-refractivity contribution in [3.63, 3.8) is 0 Å². The molecule has 0 spiro atoms. The van der Waals surface area contributed by atoms with E-state index >= 15 is 0 Å². The van der Waals surface area contributed by atoms with Gasteiger partial charge >= 0.3 is 6.18 Å². The number of nitrogens with zero attached hydrogens (tertiary/aromatic N) is 1. The Kier molecular flexibility index (Phi) is 4.29. The molecule has 0 aliphatic carbocycles. The quantitative estimate of drug-likeness (QED) is 0.909. The molecule has 20 heavy (non-hydrogen) atoms. The number of ether oxygens (including phenoxy) is 1. The maximum atomic E-state index is 12.4. The predicted octanol–water partition coefficient (Wildman–Crippen LogP) is 4.11. The first-order chi connectivity index (χ1) is 9.40. The number of hydrogen-bond acceptors (Lipinski definition) is 3. The van der Waals surface area contributed by atoms with E-state index < -0.39 is 11.7 Å². The van der Waals surface area contributed by atoms with Crippen molar-refractivity contribution in [3.05, 3.63) is 52.1 Å². The molecule has 3 nitrogen and oxygen atoms in total. The SMILES string of the molecule is NCc1cc(Br)cnc1Oc1ccc(C(F)(F)F)cc1.